The van der Waals surface area contributed by atoms with Gasteiger partial charge in [-0.1, -0.05) is 0 Å². The maximum absolute atomic E-state index is 12.1. The lowest BCUT2D eigenvalue weighted by atomic mass is 9.92. The number of likely N-dealkylation sites (tertiary alicyclic amines) is 1. The molecule has 1 N–H and O–H groups in total. The molecule has 2 aliphatic heterocycles. The summed E-state index contributed by atoms with van der Waals surface area (Å²) in [7, 11) is 0. The van der Waals surface area contributed by atoms with E-state index in [1.165, 1.54) is 25.7 Å². The summed E-state index contributed by atoms with van der Waals surface area (Å²) in [5, 5.41) is 3.16. The molecule has 18 heavy (non-hydrogen) atoms. The van der Waals surface area contributed by atoms with Gasteiger partial charge < -0.3 is 15.0 Å². The topological polar surface area (TPSA) is 41.6 Å². The van der Waals surface area contributed by atoms with Crippen LogP contribution >= 0.6 is 0 Å². The number of rotatable bonds is 2. The second-order valence-corrected chi connectivity index (χ2v) is 6.00. The average molecular weight is 252 g/mol. The molecule has 2 heterocycles. The fraction of sp³-hybridized carbons (Fsp3) is 0.929. The lowest BCUT2D eigenvalue weighted by Gasteiger charge is -2.34. The number of carbonyl (C=O) groups is 1. The minimum Gasteiger partial charge on any atom is -0.381 e. The van der Waals surface area contributed by atoms with Crippen LogP contribution < -0.4 is 5.32 Å². The van der Waals surface area contributed by atoms with E-state index in [9.17, 15) is 4.79 Å². The van der Waals surface area contributed by atoms with Crippen LogP contribution in [0.1, 0.15) is 38.5 Å². The summed E-state index contributed by atoms with van der Waals surface area (Å²) >= 11 is 0. The van der Waals surface area contributed by atoms with Gasteiger partial charge in [-0.25, -0.2) is 4.79 Å². The Morgan fingerprint density at radius 1 is 0.944 bits per heavy atom. The average Bonchev–Trinajstić information content (AvgIpc) is 3.24. The number of hydrogen-bond acceptors (Lipinski definition) is 2. The Kier molecular flexibility index (Phi) is 3.73. The van der Waals surface area contributed by atoms with Gasteiger partial charge in [0.1, 0.15) is 0 Å². The Balaban J connectivity index is 1.42. The third-order valence-electron chi connectivity index (χ3n) is 4.66. The van der Waals surface area contributed by atoms with Crippen molar-refractivity contribution >= 4 is 6.03 Å². The first-order valence-corrected chi connectivity index (χ1v) is 7.46. The number of hydrogen-bond donors (Lipinski definition) is 1. The number of piperidine rings is 1. The van der Waals surface area contributed by atoms with E-state index in [2.05, 4.69) is 5.32 Å². The summed E-state index contributed by atoms with van der Waals surface area (Å²) in [5.41, 5.74) is 0. The van der Waals surface area contributed by atoms with E-state index in [0.29, 0.717) is 6.04 Å². The number of carbonyl (C=O) groups excluding carboxylic acids is 1. The smallest absolute Gasteiger partial charge is 0.317 e. The highest BCUT2D eigenvalue weighted by Crippen LogP contribution is 2.41. The van der Waals surface area contributed by atoms with Crippen LogP contribution in [0.25, 0.3) is 0 Å². The first kappa shape index (κ1) is 12.3. The molecule has 0 aromatic carbocycles. The molecule has 1 saturated carbocycles. The number of urea groups is 1. The van der Waals surface area contributed by atoms with Crippen molar-refractivity contribution in [2.45, 2.75) is 44.6 Å². The molecular formula is C14H24N2O2. The molecule has 0 bridgehead atoms. The number of amides is 2. The van der Waals surface area contributed by atoms with Crippen molar-refractivity contribution < 1.29 is 9.53 Å². The molecule has 0 spiro atoms. The van der Waals surface area contributed by atoms with Crippen LogP contribution in [-0.2, 0) is 4.74 Å². The zero-order chi connectivity index (χ0) is 12.4. The van der Waals surface area contributed by atoms with E-state index >= 15 is 0 Å². The molecule has 2 amide bonds. The molecule has 2 saturated heterocycles. The van der Waals surface area contributed by atoms with Crippen molar-refractivity contribution in [1.29, 1.82) is 0 Å². The molecule has 3 aliphatic rings. The van der Waals surface area contributed by atoms with Crippen molar-refractivity contribution in [3.8, 4) is 0 Å². The van der Waals surface area contributed by atoms with Gasteiger partial charge in [0.2, 0.25) is 0 Å². The van der Waals surface area contributed by atoms with Crippen LogP contribution in [0, 0.1) is 11.8 Å². The summed E-state index contributed by atoms with van der Waals surface area (Å²) in [4.78, 5) is 14.1. The number of nitrogens with one attached hydrogen (secondary N) is 1. The summed E-state index contributed by atoms with van der Waals surface area (Å²) in [5.74, 6) is 1.89. The monoisotopic (exact) mass is 252 g/mol. The molecule has 4 heteroatoms. The van der Waals surface area contributed by atoms with Crippen molar-refractivity contribution in [3.05, 3.63) is 0 Å². The highest BCUT2D eigenvalue weighted by Gasteiger charge is 2.34. The van der Waals surface area contributed by atoms with E-state index in [1.807, 2.05) is 4.90 Å². The number of nitrogens with zero attached hydrogens (tertiary/aromatic N) is 1. The highest BCUT2D eigenvalue weighted by molar-refractivity contribution is 5.74. The first-order valence-electron chi connectivity index (χ1n) is 7.46. The summed E-state index contributed by atoms with van der Waals surface area (Å²) < 4.78 is 5.31. The van der Waals surface area contributed by atoms with Gasteiger partial charge in [0, 0.05) is 32.3 Å². The van der Waals surface area contributed by atoms with Gasteiger partial charge in [-0.15, -0.1) is 0 Å². The molecule has 3 rings (SSSR count). The second kappa shape index (κ2) is 5.47. The van der Waals surface area contributed by atoms with Crippen LogP contribution in [-0.4, -0.2) is 43.3 Å². The van der Waals surface area contributed by atoms with Gasteiger partial charge in [-0.05, 0) is 50.4 Å². The molecule has 102 valence electrons. The minimum absolute atomic E-state index is 0.149. The molecule has 0 unspecified atom stereocenters. The van der Waals surface area contributed by atoms with Crippen molar-refractivity contribution in [3.63, 3.8) is 0 Å². The summed E-state index contributed by atoms with van der Waals surface area (Å²) in [6.07, 6.45) is 7.21. The van der Waals surface area contributed by atoms with Gasteiger partial charge in [0.25, 0.3) is 0 Å². The van der Waals surface area contributed by atoms with Gasteiger partial charge in [0.05, 0.1) is 0 Å². The Labute approximate surface area is 109 Å². The molecule has 3 fully saturated rings. The van der Waals surface area contributed by atoms with E-state index in [1.54, 1.807) is 0 Å². The predicted molar refractivity (Wildman–Crippen MR) is 69.4 cm³/mol. The Hall–Kier alpha value is -0.770. The van der Waals surface area contributed by atoms with E-state index in [-0.39, 0.29) is 6.03 Å². The zero-order valence-electron chi connectivity index (χ0n) is 11.1. The second-order valence-electron chi connectivity index (χ2n) is 6.00. The third kappa shape index (κ3) is 2.97. The zero-order valence-corrected chi connectivity index (χ0v) is 11.1. The maximum Gasteiger partial charge on any atom is 0.317 e. The quantitative estimate of drug-likeness (QED) is 0.816. The SMILES string of the molecule is O=C(NC1CCOCC1)N1CCC(C2CC2)CC1. The first-order chi connectivity index (χ1) is 8.83. The fourth-order valence-corrected chi connectivity index (χ4v) is 3.25. The van der Waals surface area contributed by atoms with Gasteiger partial charge in [-0.3, -0.25) is 0 Å². The molecule has 0 radical (unpaired) electrons. The maximum atomic E-state index is 12.1. The summed E-state index contributed by atoms with van der Waals surface area (Å²) in [6, 6.07) is 0.476. The predicted octanol–water partition coefficient (Wildman–Crippen LogP) is 2.00. The fourth-order valence-electron chi connectivity index (χ4n) is 3.25. The van der Waals surface area contributed by atoms with Gasteiger partial charge in [-0.2, -0.15) is 0 Å². The molecule has 0 aromatic heterocycles. The van der Waals surface area contributed by atoms with Crippen LogP contribution in [0.4, 0.5) is 4.79 Å². The van der Waals surface area contributed by atoms with E-state index in [4.69, 9.17) is 4.74 Å². The number of ether oxygens (including phenoxy) is 1. The van der Waals surface area contributed by atoms with Crippen LogP contribution in [0.2, 0.25) is 0 Å². The lowest BCUT2D eigenvalue weighted by Crippen LogP contribution is -2.49. The molecule has 1 aliphatic carbocycles. The summed E-state index contributed by atoms with van der Waals surface area (Å²) in [6.45, 7) is 3.48. The van der Waals surface area contributed by atoms with Crippen LogP contribution in [0.3, 0.4) is 0 Å². The molecule has 4 nitrogen and oxygen atoms in total. The van der Waals surface area contributed by atoms with Crippen molar-refractivity contribution in [2.75, 3.05) is 26.3 Å². The van der Waals surface area contributed by atoms with Gasteiger partial charge in [0.15, 0.2) is 0 Å². The Morgan fingerprint density at radius 2 is 1.56 bits per heavy atom. The Bertz CT molecular complexity index is 290. The van der Waals surface area contributed by atoms with Crippen LogP contribution in [0.5, 0.6) is 0 Å². The third-order valence-corrected chi connectivity index (χ3v) is 4.66. The van der Waals surface area contributed by atoms with Gasteiger partial charge >= 0.3 is 6.03 Å². The van der Waals surface area contributed by atoms with Crippen molar-refractivity contribution in [1.82, 2.24) is 10.2 Å². The molecule has 0 atom stereocenters. The lowest BCUT2D eigenvalue weighted by molar-refractivity contribution is 0.0769. The standard InChI is InChI=1S/C14H24N2O2/c17-14(15-13-5-9-18-10-6-13)16-7-3-12(4-8-16)11-1-2-11/h11-13H,1-10H2,(H,15,17). The van der Waals surface area contributed by atoms with Crippen LogP contribution in [0.15, 0.2) is 0 Å². The van der Waals surface area contributed by atoms with E-state index < -0.39 is 0 Å². The minimum atomic E-state index is 0.149. The largest absolute Gasteiger partial charge is 0.381 e. The molecular weight excluding hydrogens is 228 g/mol. The van der Waals surface area contributed by atoms with Crippen molar-refractivity contribution in [2.24, 2.45) is 11.8 Å². The Morgan fingerprint density at radius 3 is 2.17 bits per heavy atom. The highest BCUT2D eigenvalue weighted by atomic mass is 16.5. The van der Waals surface area contributed by atoms with E-state index in [0.717, 1.165) is 51.0 Å². The molecule has 0 aromatic rings. The normalized spacial score (nSPS) is 27.2.